The second kappa shape index (κ2) is 4.22. The topological polar surface area (TPSA) is 40.5 Å². The SMILES string of the molecule is O=C1CSC(c2ccc(Cl)c(Cl)c2)N1O. The predicted octanol–water partition coefficient (Wildman–Crippen LogP) is 2.96. The van der Waals surface area contributed by atoms with Gasteiger partial charge in [-0.15, -0.1) is 11.8 Å². The van der Waals surface area contributed by atoms with Crippen LogP contribution in [-0.2, 0) is 4.79 Å². The van der Waals surface area contributed by atoms with Crippen LogP contribution in [0.5, 0.6) is 0 Å². The van der Waals surface area contributed by atoms with Crippen molar-refractivity contribution in [3.8, 4) is 0 Å². The van der Waals surface area contributed by atoms with Crippen molar-refractivity contribution in [2.45, 2.75) is 5.37 Å². The van der Waals surface area contributed by atoms with Gasteiger partial charge in [0.15, 0.2) is 0 Å². The summed E-state index contributed by atoms with van der Waals surface area (Å²) < 4.78 is 0. The molecule has 6 heteroatoms. The molecule has 15 heavy (non-hydrogen) atoms. The first-order chi connectivity index (χ1) is 7.09. The van der Waals surface area contributed by atoms with E-state index < -0.39 is 0 Å². The molecule has 1 atom stereocenters. The number of halogens is 2. The lowest BCUT2D eigenvalue weighted by molar-refractivity contribution is -0.162. The van der Waals surface area contributed by atoms with E-state index in [0.717, 1.165) is 10.6 Å². The molecule has 1 aromatic rings. The standard InChI is InChI=1S/C9H7Cl2NO2S/c10-6-2-1-5(3-7(6)11)9-12(14)8(13)4-15-9/h1-3,9,14H,4H2. The van der Waals surface area contributed by atoms with Gasteiger partial charge in [0.2, 0.25) is 0 Å². The summed E-state index contributed by atoms with van der Waals surface area (Å²) in [6, 6.07) is 5.05. The van der Waals surface area contributed by atoms with Crippen molar-refractivity contribution < 1.29 is 10.0 Å². The van der Waals surface area contributed by atoms with Gasteiger partial charge in [0.05, 0.1) is 15.8 Å². The fourth-order valence-electron chi connectivity index (χ4n) is 1.32. The average molecular weight is 264 g/mol. The van der Waals surface area contributed by atoms with Crippen LogP contribution in [-0.4, -0.2) is 21.9 Å². The van der Waals surface area contributed by atoms with Crippen LogP contribution in [0.2, 0.25) is 10.0 Å². The minimum Gasteiger partial charge on any atom is -0.284 e. The van der Waals surface area contributed by atoms with Crippen molar-refractivity contribution >= 4 is 40.9 Å². The summed E-state index contributed by atoms with van der Waals surface area (Å²) in [7, 11) is 0. The van der Waals surface area contributed by atoms with Gasteiger partial charge in [-0.1, -0.05) is 29.3 Å². The summed E-state index contributed by atoms with van der Waals surface area (Å²) in [5, 5.41) is 10.7. The number of rotatable bonds is 1. The zero-order valence-corrected chi connectivity index (χ0v) is 9.81. The molecule has 0 radical (unpaired) electrons. The summed E-state index contributed by atoms with van der Waals surface area (Å²) >= 11 is 13.0. The maximum absolute atomic E-state index is 11.1. The Morgan fingerprint density at radius 3 is 2.67 bits per heavy atom. The Bertz CT molecular complexity index is 413. The van der Waals surface area contributed by atoms with Crippen molar-refractivity contribution in [3.63, 3.8) is 0 Å². The lowest BCUT2D eigenvalue weighted by Crippen LogP contribution is -2.23. The Kier molecular flexibility index (Phi) is 3.11. The quantitative estimate of drug-likeness (QED) is 0.793. The van der Waals surface area contributed by atoms with Crippen LogP contribution < -0.4 is 0 Å². The van der Waals surface area contributed by atoms with Crippen LogP contribution in [0.15, 0.2) is 18.2 Å². The van der Waals surface area contributed by atoms with Gasteiger partial charge in [-0.3, -0.25) is 10.0 Å². The van der Waals surface area contributed by atoms with E-state index in [1.807, 2.05) is 0 Å². The van der Waals surface area contributed by atoms with Crippen molar-refractivity contribution in [1.82, 2.24) is 5.06 Å². The Balaban J connectivity index is 2.30. The number of hydrogen-bond donors (Lipinski definition) is 1. The first kappa shape index (κ1) is 11.1. The van der Waals surface area contributed by atoms with Crippen molar-refractivity contribution in [3.05, 3.63) is 33.8 Å². The Morgan fingerprint density at radius 2 is 2.13 bits per heavy atom. The van der Waals surface area contributed by atoms with E-state index in [0.29, 0.717) is 10.0 Å². The Hall–Kier alpha value is -0.420. The van der Waals surface area contributed by atoms with E-state index in [9.17, 15) is 10.0 Å². The average Bonchev–Trinajstić information content (AvgIpc) is 2.53. The van der Waals surface area contributed by atoms with E-state index in [-0.39, 0.29) is 17.0 Å². The van der Waals surface area contributed by atoms with Crippen LogP contribution in [0.25, 0.3) is 0 Å². The number of benzene rings is 1. The van der Waals surface area contributed by atoms with Gasteiger partial charge in [-0.25, -0.2) is 5.06 Å². The Labute approximate surface area is 101 Å². The molecule has 1 aromatic carbocycles. The highest BCUT2D eigenvalue weighted by Gasteiger charge is 2.32. The van der Waals surface area contributed by atoms with Gasteiger partial charge in [-0.05, 0) is 17.7 Å². The fourth-order valence-corrected chi connectivity index (χ4v) is 2.66. The van der Waals surface area contributed by atoms with Crippen molar-refractivity contribution in [2.75, 3.05) is 5.75 Å². The third kappa shape index (κ3) is 2.08. The molecule has 0 bridgehead atoms. The van der Waals surface area contributed by atoms with Crippen molar-refractivity contribution in [2.24, 2.45) is 0 Å². The second-order valence-electron chi connectivity index (χ2n) is 3.08. The van der Waals surface area contributed by atoms with Crippen LogP contribution in [0.1, 0.15) is 10.9 Å². The first-order valence-electron chi connectivity index (χ1n) is 4.17. The molecule has 1 fully saturated rings. The maximum atomic E-state index is 11.1. The molecule has 1 aliphatic rings. The largest absolute Gasteiger partial charge is 0.284 e. The van der Waals surface area contributed by atoms with Crippen LogP contribution in [0, 0.1) is 0 Å². The van der Waals surface area contributed by atoms with Crippen LogP contribution >= 0.6 is 35.0 Å². The number of hydroxylamine groups is 2. The molecule has 80 valence electrons. The lowest BCUT2D eigenvalue weighted by Gasteiger charge is -2.17. The fraction of sp³-hybridized carbons (Fsp3) is 0.222. The van der Waals surface area contributed by atoms with E-state index in [1.54, 1.807) is 18.2 Å². The highest BCUT2D eigenvalue weighted by molar-refractivity contribution is 8.00. The number of nitrogens with zero attached hydrogens (tertiary/aromatic N) is 1. The molecule has 1 amide bonds. The molecule has 1 aliphatic heterocycles. The summed E-state index contributed by atoms with van der Waals surface area (Å²) in [5.41, 5.74) is 0.766. The molecule has 1 saturated heterocycles. The third-order valence-electron chi connectivity index (χ3n) is 2.07. The second-order valence-corrected chi connectivity index (χ2v) is 4.96. The van der Waals surface area contributed by atoms with Crippen LogP contribution in [0.3, 0.4) is 0 Å². The van der Waals surface area contributed by atoms with Gasteiger partial charge in [-0.2, -0.15) is 0 Å². The molecule has 1 heterocycles. The summed E-state index contributed by atoms with van der Waals surface area (Å²) in [6.07, 6.45) is 0. The number of carbonyl (C=O) groups excluding carboxylic acids is 1. The third-order valence-corrected chi connectivity index (χ3v) is 4.01. The molecular weight excluding hydrogens is 257 g/mol. The minimum atomic E-state index is -0.382. The number of carbonyl (C=O) groups is 1. The molecule has 1 unspecified atom stereocenters. The number of thioether (sulfide) groups is 1. The molecule has 0 aliphatic carbocycles. The molecule has 0 spiro atoms. The van der Waals surface area contributed by atoms with Gasteiger partial charge in [0, 0.05) is 0 Å². The zero-order chi connectivity index (χ0) is 11.0. The lowest BCUT2D eigenvalue weighted by atomic mass is 10.2. The molecule has 2 rings (SSSR count). The normalized spacial score (nSPS) is 21.1. The first-order valence-corrected chi connectivity index (χ1v) is 5.97. The Morgan fingerprint density at radius 1 is 1.40 bits per heavy atom. The maximum Gasteiger partial charge on any atom is 0.257 e. The molecule has 1 N–H and O–H groups in total. The van der Waals surface area contributed by atoms with Crippen LogP contribution in [0.4, 0.5) is 0 Å². The highest BCUT2D eigenvalue weighted by atomic mass is 35.5. The van der Waals surface area contributed by atoms with Crippen molar-refractivity contribution in [1.29, 1.82) is 0 Å². The molecular formula is C9H7Cl2NO2S. The van der Waals surface area contributed by atoms with E-state index in [1.165, 1.54) is 11.8 Å². The minimum absolute atomic E-state index is 0.279. The van der Waals surface area contributed by atoms with Gasteiger partial charge >= 0.3 is 0 Å². The van der Waals surface area contributed by atoms with E-state index in [2.05, 4.69) is 0 Å². The number of hydrogen-bond acceptors (Lipinski definition) is 3. The monoisotopic (exact) mass is 263 g/mol. The number of amides is 1. The van der Waals surface area contributed by atoms with Gasteiger partial charge < -0.3 is 0 Å². The molecule has 0 saturated carbocycles. The van der Waals surface area contributed by atoms with Gasteiger partial charge in [0.25, 0.3) is 5.91 Å². The smallest absolute Gasteiger partial charge is 0.257 e. The summed E-state index contributed by atoms with van der Waals surface area (Å²) in [6.45, 7) is 0. The summed E-state index contributed by atoms with van der Waals surface area (Å²) in [4.78, 5) is 11.1. The van der Waals surface area contributed by atoms with E-state index >= 15 is 0 Å². The zero-order valence-electron chi connectivity index (χ0n) is 7.48. The summed E-state index contributed by atoms with van der Waals surface area (Å²) in [5.74, 6) is -0.0161. The van der Waals surface area contributed by atoms with E-state index in [4.69, 9.17) is 23.2 Å². The predicted molar refractivity (Wildman–Crippen MR) is 60.3 cm³/mol. The highest BCUT2D eigenvalue weighted by Crippen LogP contribution is 2.38. The molecule has 0 aromatic heterocycles. The van der Waals surface area contributed by atoms with Gasteiger partial charge in [0.1, 0.15) is 5.37 Å². The molecule has 3 nitrogen and oxygen atoms in total.